The fraction of sp³-hybridized carbons (Fsp3) is 0.273. The largest absolute Gasteiger partial charge is 0.356 e. The molecule has 0 saturated carbocycles. The molecule has 3 rings (SSSR count). The maximum absolute atomic E-state index is 11.7. The summed E-state index contributed by atoms with van der Waals surface area (Å²) in [7, 11) is 0. The van der Waals surface area contributed by atoms with Crippen molar-refractivity contribution in [2.75, 3.05) is 5.32 Å². The van der Waals surface area contributed by atoms with Crippen molar-refractivity contribution in [1.82, 2.24) is 24.8 Å². The van der Waals surface area contributed by atoms with Gasteiger partial charge in [0, 0.05) is 29.6 Å². The van der Waals surface area contributed by atoms with Crippen LogP contribution in [-0.2, 0) is 6.54 Å². The van der Waals surface area contributed by atoms with Crippen LogP contribution in [0.15, 0.2) is 17.1 Å². The third kappa shape index (κ3) is 2.22. The van der Waals surface area contributed by atoms with Gasteiger partial charge < -0.3 is 5.32 Å². The van der Waals surface area contributed by atoms with Crippen LogP contribution in [0, 0.1) is 13.8 Å². The Labute approximate surface area is 112 Å². The van der Waals surface area contributed by atoms with Crippen LogP contribution in [0.25, 0.3) is 4.96 Å². The molecule has 0 aliphatic rings. The third-order valence-electron chi connectivity index (χ3n) is 2.74. The Bertz CT molecular complexity index is 786. The van der Waals surface area contributed by atoms with Crippen LogP contribution in [-0.4, -0.2) is 24.8 Å². The van der Waals surface area contributed by atoms with Gasteiger partial charge in [-0.3, -0.25) is 9.89 Å². The van der Waals surface area contributed by atoms with Crippen LogP contribution in [0.4, 0.5) is 5.13 Å². The van der Waals surface area contributed by atoms with Gasteiger partial charge in [0.2, 0.25) is 10.1 Å². The van der Waals surface area contributed by atoms with Crippen LogP contribution in [0.3, 0.4) is 0 Å². The van der Waals surface area contributed by atoms with Crippen molar-refractivity contribution in [1.29, 1.82) is 0 Å². The van der Waals surface area contributed by atoms with Gasteiger partial charge in [0.1, 0.15) is 0 Å². The SMILES string of the molecule is Cc1cc(=O)n2nc(NCc3cn[nH]c3C)sc2n1. The van der Waals surface area contributed by atoms with E-state index < -0.39 is 0 Å². The predicted molar refractivity (Wildman–Crippen MR) is 72.5 cm³/mol. The van der Waals surface area contributed by atoms with E-state index in [1.54, 1.807) is 13.1 Å². The van der Waals surface area contributed by atoms with Gasteiger partial charge in [0.05, 0.1) is 6.20 Å². The lowest BCUT2D eigenvalue weighted by Gasteiger charge is -1.99. The van der Waals surface area contributed by atoms with Gasteiger partial charge in [-0.15, -0.1) is 5.10 Å². The summed E-state index contributed by atoms with van der Waals surface area (Å²) in [4.78, 5) is 16.6. The Morgan fingerprint density at radius 3 is 3.05 bits per heavy atom. The van der Waals surface area contributed by atoms with Gasteiger partial charge in [-0.05, 0) is 13.8 Å². The van der Waals surface area contributed by atoms with Gasteiger partial charge in [0.15, 0.2) is 0 Å². The first-order valence-electron chi connectivity index (χ1n) is 5.74. The molecule has 0 atom stereocenters. The number of rotatable bonds is 3. The molecule has 0 aliphatic carbocycles. The molecule has 3 aromatic rings. The summed E-state index contributed by atoms with van der Waals surface area (Å²) in [5, 5.41) is 14.9. The minimum Gasteiger partial charge on any atom is -0.356 e. The lowest BCUT2D eigenvalue weighted by molar-refractivity contribution is 0.886. The zero-order valence-corrected chi connectivity index (χ0v) is 11.3. The quantitative estimate of drug-likeness (QED) is 0.748. The number of hydrogen-bond donors (Lipinski definition) is 2. The number of fused-ring (bicyclic) bond motifs is 1. The fourth-order valence-corrected chi connectivity index (χ4v) is 2.56. The van der Waals surface area contributed by atoms with E-state index in [4.69, 9.17) is 0 Å². The first-order chi connectivity index (χ1) is 9.13. The standard InChI is InChI=1S/C11H12N6OS/c1-6-3-9(18)17-11(14-6)19-10(16-17)12-4-8-5-13-15-7(8)2/h3,5H,4H2,1-2H3,(H,12,16)(H,13,15). The van der Waals surface area contributed by atoms with Crippen molar-refractivity contribution in [3.05, 3.63) is 39.6 Å². The molecule has 0 spiro atoms. The van der Waals surface area contributed by atoms with E-state index in [9.17, 15) is 4.79 Å². The molecule has 8 heteroatoms. The van der Waals surface area contributed by atoms with Gasteiger partial charge in [-0.1, -0.05) is 11.3 Å². The van der Waals surface area contributed by atoms with Crippen LogP contribution >= 0.6 is 11.3 Å². The highest BCUT2D eigenvalue weighted by Crippen LogP contribution is 2.17. The molecule has 0 aromatic carbocycles. The van der Waals surface area contributed by atoms with Crippen molar-refractivity contribution in [2.24, 2.45) is 0 Å². The summed E-state index contributed by atoms with van der Waals surface area (Å²) < 4.78 is 1.31. The van der Waals surface area contributed by atoms with Crippen molar-refractivity contribution >= 4 is 21.4 Å². The topological polar surface area (TPSA) is 88.0 Å². The Morgan fingerprint density at radius 1 is 1.47 bits per heavy atom. The average molecular weight is 276 g/mol. The number of aromatic nitrogens is 5. The highest BCUT2D eigenvalue weighted by molar-refractivity contribution is 7.20. The lowest BCUT2D eigenvalue weighted by atomic mass is 10.3. The molecular weight excluding hydrogens is 264 g/mol. The number of aryl methyl sites for hydroxylation is 2. The lowest BCUT2D eigenvalue weighted by Crippen LogP contribution is -2.14. The number of anilines is 1. The van der Waals surface area contributed by atoms with Crippen LogP contribution in [0.2, 0.25) is 0 Å². The molecule has 2 N–H and O–H groups in total. The average Bonchev–Trinajstić information content (AvgIpc) is 2.92. The van der Waals surface area contributed by atoms with Gasteiger partial charge in [0.25, 0.3) is 5.56 Å². The van der Waals surface area contributed by atoms with Gasteiger partial charge in [-0.25, -0.2) is 4.98 Å². The molecule has 19 heavy (non-hydrogen) atoms. The second kappa shape index (κ2) is 4.47. The molecule has 7 nitrogen and oxygen atoms in total. The maximum atomic E-state index is 11.7. The summed E-state index contributed by atoms with van der Waals surface area (Å²) >= 11 is 1.35. The summed E-state index contributed by atoms with van der Waals surface area (Å²) in [6.07, 6.45) is 1.77. The monoisotopic (exact) mass is 276 g/mol. The van der Waals surface area contributed by atoms with Gasteiger partial charge >= 0.3 is 0 Å². The number of nitrogens with one attached hydrogen (secondary N) is 2. The second-order valence-corrected chi connectivity index (χ2v) is 5.17. The maximum Gasteiger partial charge on any atom is 0.275 e. The summed E-state index contributed by atoms with van der Waals surface area (Å²) in [6.45, 7) is 4.36. The van der Waals surface area contributed by atoms with Crippen LogP contribution < -0.4 is 10.9 Å². The van der Waals surface area contributed by atoms with Crippen molar-refractivity contribution in [3.63, 3.8) is 0 Å². The van der Waals surface area contributed by atoms with Crippen molar-refractivity contribution < 1.29 is 0 Å². The van der Waals surface area contributed by atoms with E-state index in [0.29, 0.717) is 22.3 Å². The Morgan fingerprint density at radius 2 is 2.32 bits per heavy atom. The number of aromatic amines is 1. The van der Waals surface area contributed by atoms with Crippen molar-refractivity contribution in [2.45, 2.75) is 20.4 Å². The molecule has 98 valence electrons. The molecule has 0 fully saturated rings. The minimum atomic E-state index is -0.161. The highest BCUT2D eigenvalue weighted by Gasteiger charge is 2.08. The van der Waals surface area contributed by atoms with Gasteiger partial charge in [-0.2, -0.15) is 9.61 Å². The first-order valence-corrected chi connectivity index (χ1v) is 6.55. The summed E-state index contributed by atoms with van der Waals surface area (Å²) in [5.41, 5.74) is 2.62. The smallest absolute Gasteiger partial charge is 0.275 e. The Hall–Kier alpha value is -2.22. The fourth-order valence-electron chi connectivity index (χ4n) is 1.72. The zero-order chi connectivity index (χ0) is 13.4. The first kappa shape index (κ1) is 11.8. The van der Waals surface area contributed by atoms with E-state index in [-0.39, 0.29) is 5.56 Å². The molecule has 0 aliphatic heterocycles. The van der Waals surface area contributed by atoms with E-state index in [0.717, 1.165) is 11.3 Å². The number of hydrogen-bond acceptors (Lipinski definition) is 6. The Balaban J connectivity index is 1.88. The van der Waals surface area contributed by atoms with E-state index >= 15 is 0 Å². The zero-order valence-electron chi connectivity index (χ0n) is 10.5. The number of H-pyrrole nitrogens is 1. The van der Waals surface area contributed by atoms with E-state index in [1.807, 2.05) is 6.92 Å². The van der Waals surface area contributed by atoms with E-state index in [2.05, 4.69) is 25.6 Å². The second-order valence-electron chi connectivity index (χ2n) is 4.21. The highest BCUT2D eigenvalue weighted by atomic mass is 32.1. The minimum absolute atomic E-state index is 0.161. The molecule has 3 aromatic heterocycles. The van der Waals surface area contributed by atoms with Crippen LogP contribution in [0.1, 0.15) is 17.0 Å². The molecule has 0 amide bonds. The van der Waals surface area contributed by atoms with Crippen LogP contribution in [0.5, 0.6) is 0 Å². The third-order valence-corrected chi connectivity index (χ3v) is 3.60. The summed E-state index contributed by atoms with van der Waals surface area (Å²) in [5.74, 6) is 0. The molecule has 0 saturated heterocycles. The molecule has 3 heterocycles. The number of nitrogens with zero attached hydrogens (tertiary/aromatic N) is 4. The molecule has 0 bridgehead atoms. The van der Waals surface area contributed by atoms with E-state index in [1.165, 1.54) is 21.9 Å². The summed E-state index contributed by atoms with van der Waals surface area (Å²) in [6, 6.07) is 1.47. The molecular formula is C11H12N6OS. The predicted octanol–water partition coefficient (Wildman–Crippen LogP) is 1.10. The van der Waals surface area contributed by atoms with Crippen molar-refractivity contribution in [3.8, 4) is 0 Å². The normalized spacial score (nSPS) is 11.1. The molecule has 0 unspecified atom stereocenters. The Kier molecular flexibility index (Phi) is 2.79. The molecule has 0 radical (unpaired) electrons.